The molecule has 0 heterocycles. The van der Waals surface area contributed by atoms with Crippen LogP contribution in [0.1, 0.15) is 41.2 Å². The van der Waals surface area contributed by atoms with E-state index < -0.39 is 17.5 Å². The molecule has 4 aromatic rings. The van der Waals surface area contributed by atoms with Crippen LogP contribution >= 0.6 is 0 Å². The summed E-state index contributed by atoms with van der Waals surface area (Å²) in [6.07, 6.45) is 7.29. The van der Waals surface area contributed by atoms with Crippen LogP contribution in [-0.2, 0) is 32.1 Å². The lowest BCUT2D eigenvalue weighted by Crippen LogP contribution is -2.00. The fourth-order valence-corrected chi connectivity index (χ4v) is 4.41. The molecule has 0 saturated heterocycles. The monoisotopic (exact) mass is 494 g/mol. The minimum Gasteiger partial charge on any atom is -0.207 e. The molecule has 0 unspecified atom stereocenters. The zero-order valence-electron chi connectivity index (χ0n) is 20.1. The third-order valence-electron chi connectivity index (χ3n) is 6.46. The van der Waals surface area contributed by atoms with Crippen molar-refractivity contribution in [3.8, 4) is 0 Å². The number of rotatable bonds is 9. The quantitative estimate of drug-likeness (QED) is 0.124. The van der Waals surface area contributed by atoms with Crippen molar-refractivity contribution in [2.75, 3.05) is 0 Å². The zero-order chi connectivity index (χ0) is 25.7. The van der Waals surface area contributed by atoms with E-state index in [-0.39, 0.29) is 30.0 Å². The molecule has 0 radical (unpaired) electrons. The molecule has 0 nitrogen and oxygen atoms in total. The summed E-state index contributed by atoms with van der Waals surface area (Å²) in [5.41, 5.74) is 3.28. The molecule has 4 aromatic carbocycles. The topological polar surface area (TPSA) is 0 Å². The predicted octanol–water partition coefficient (Wildman–Crippen LogP) is 8.61. The number of halogens is 5. The van der Waals surface area contributed by atoms with E-state index in [0.29, 0.717) is 29.4 Å². The van der Waals surface area contributed by atoms with Crippen LogP contribution in [0, 0.1) is 29.1 Å². The zero-order valence-corrected chi connectivity index (χ0v) is 20.1. The average molecular weight is 495 g/mol. The molecule has 0 N–H and O–H groups in total. The minimum atomic E-state index is -1.51. The van der Waals surface area contributed by atoms with Crippen LogP contribution in [0.4, 0.5) is 22.0 Å². The highest BCUT2D eigenvalue weighted by Crippen LogP contribution is 2.25. The second-order valence-corrected chi connectivity index (χ2v) is 9.00. The Balaban J connectivity index is 1.43. The van der Waals surface area contributed by atoms with Crippen molar-refractivity contribution in [3.05, 3.63) is 130 Å². The molecule has 0 bridgehead atoms. The molecular formula is C31H27F5. The summed E-state index contributed by atoms with van der Waals surface area (Å²) >= 11 is 0. The van der Waals surface area contributed by atoms with Gasteiger partial charge in [0.1, 0.15) is 11.6 Å². The number of allylic oxidation sites excluding steroid dienone is 2. The molecule has 0 aliphatic heterocycles. The van der Waals surface area contributed by atoms with Gasteiger partial charge >= 0.3 is 0 Å². The standard InChI is InChI=1S/C31H27F5/c1-2-3-4-5-20-6-10-23(27(32)17-20)11-7-21-9-15-26-25(16-21)14-13-24(30(26)35)12-8-22-18-28(33)31(36)29(34)19-22/h2-3,6,9-10,13-19H,4-5,7-8,11-12H2,1H3/b3-2+. The van der Waals surface area contributed by atoms with Gasteiger partial charge in [-0.2, -0.15) is 0 Å². The fraction of sp³-hybridized carbons (Fsp3) is 0.226. The van der Waals surface area contributed by atoms with Gasteiger partial charge in [-0.3, -0.25) is 0 Å². The summed E-state index contributed by atoms with van der Waals surface area (Å²) in [5.74, 6) is -4.60. The van der Waals surface area contributed by atoms with Gasteiger partial charge in [0.25, 0.3) is 0 Å². The number of benzene rings is 4. The van der Waals surface area contributed by atoms with Crippen molar-refractivity contribution >= 4 is 10.8 Å². The summed E-state index contributed by atoms with van der Waals surface area (Å²) in [7, 11) is 0. The van der Waals surface area contributed by atoms with E-state index >= 15 is 4.39 Å². The highest BCUT2D eigenvalue weighted by molar-refractivity contribution is 5.84. The second-order valence-electron chi connectivity index (χ2n) is 9.00. The normalized spacial score (nSPS) is 11.6. The lowest BCUT2D eigenvalue weighted by molar-refractivity contribution is 0.445. The first-order chi connectivity index (χ1) is 17.4. The van der Waals surface area contributed by atoms with Crippen molar-refractivity contribution < 1.29 is 22.0 Å². The van der Waals surface area contributed by atoms with Crippen LogP contribution < -0.4 is 0 Å². The number of fused-ring (bicyclic) bond motifs is 1. The molecule has 5 heteroatoms. The molecule has 4 rings (SSSR count). The SMILES string of the molecule is C/C=C/CCc1ccc(CCc2ccc3c(F)c(CCc4cc(F)c(F)c(F)c4)ccc3c2)c(F)c1. The lowest BCUT2D eigenvalue weighted by atomic mass is 9.97. The van der Waals surface area contributed by atoms with Crippen LogP contribution in [0.3, 0.4) is 0 Å². The van der Waals surface area contributed by atoms with Crippen LogP contribution in [-0.4, -0.2) is 0 Å². The van der Waals surface area contributed by atoms with Gasteiger partial charge in [-0.25, -0.2) is 22.0 Å². The Hall–Kier alpha value is -3.47. The third-order valence-corrected chi connectivity index (χ3v) is 6.46. The van der Waals surface area contributed by atoms with Crippen molar-refractivity contribution in [1.82, 2.24) is 0 Å². The van der Waals surface area contributed by atoms with Gasteiger partial charge in [-0.15, -0.1) is 0 Å². The van der Waals surface area contributed by atoms with E-state index in [4.69, 9.17) is 0 Å². The highest BCUT2D eigenvalue weighted by Gasteiger charge is 2.13. The van der Waals surface area contributed by atoms with Gasteiger partial charge in [-0.1, -0.05) is 54.6 Å². The van der Waals surface area contributed by atoms with Crippen molar-refractivity contribution in [2.24, 2.45) is 0 Å². The third kappa shape index (κ3) is 6.01. The van der Waals surface area contributed by atoms with Crippen LogP contribution in [0.5, 0.6) is 0 Å². The maximum absolute atomic E-state index is 15.1. The maximum Gasteiger partial charge on any atom is 0.194 e. The first-order valence-electron chi connectivity index (χ1n) is 12.1. The summed E-state index contributed by atoms with van der Waals surface area (Å²) in [6.45, 7) is 1.96. The van der Waals surface area contributed by atoms with Gasteiger partial charge in [0.2, 0.25) is 0 Å². The molecule has 0 saturated carbocycles. The largest absolute Gasteiger partial charge is 0.207 e. The van der Waals surface area contributed by atoms with Gasteiger partial charge < -0.3 is 0 Å². The Morgan fingerprint density at radius 2 is 1.17 bits per heavy atom. The summed E-state index contributed by atoms with van der Waals surface area (Å²) < 4.78 is 69.7. The lowest BCUT2D eigenvalue weighted by Gasteiger charge is -2.10. The Morgan fingerprint density at radius 1 is 0.556 bits per heavy atom. The molecular weight excluding hydrogens is 467 g/mol. The molecule has 0 atom stereocenters. The highest BCUT2D eigenvalue weighted by atomic mass is 19.2. The van der Waals surface area contributed by atoms with Gasteiger partial charge in [0, 0.05) is 5.39 Å². The molecule has 0 fully saturated rings. The molecule has 36 heavy (non-hydrogen) atoms. The van der Waals surface area contributed by atoms with Crippen LogP contribution in [0.25, 0.3) is 10.8 Å². The Labute approximate surface area is 208 Å². The smallest absolute Gasteiger partial charge is 0.194 e. The number of hydrogen-bond donors (Lipinski definition) is 0. The Bertz CT molecular complexity index is 1380. The molecule has 186 valence electrons. The first-order valence-corrected chi connectivity index (χ1v) is 12.1. The number of aryl methyl sites for hydroxylation is 5. The number of hydrogen-bond acceptors (Lipinski definition) is 0. The summed E-state index contributed by atoms with van der Waals surface area (Å²) in [4.78, 5) is 0. The van der Waals surface area contributed by atoms with Crippen molar-refractivity contribution in [2.45, 2.75) is 45.4 Å². The fourth-order valence-electron chi connectivity index (χ4n) is 4.41. The van der Waals surface area contributed by atoms with E-state index in [1.807, 2.05) is 43.3 Å². The van der Waals surface area contributed by atoms with E-state index in [1.54, 1.807) is 18.2 Å². The predicted molar refractivity (Wildman–Crippen MR) is 135 cm³/mol. The van der Waals surface area contributed by atoms with E-state index in [1.165, 1.54) is 0 Å². The second kappa shape index (κ2) is 11.5. The van der Waals surface area contributed by atoms with Crippen molar-refractivity contribution in [1.29, 1.82) is 0 Å². The Kier molecular flexibility index (Phi) is 8.19. The van der Waals surface area contributed by atoms with Crippen LogP contribution in [0.15, 0.2) is 72.8 Å². The van der Waals surface area contributed by atoms with Crippen LogP contribution in [0.2, 0.25) is 0 Å². The van der Waals surface area contributed by atoms with E-state index in [2.05, 4.69) is 6.08 Å². The van der Waals surface area contributed by atoms with E-state index in [9.17, 15) is 17.6 Å². The summed E-state index contributed by atoms with van der Waals surface area (Å²) in [5, 5.41) is 1.18. The maximum atomic E-state index is 15.1. The molecule has 0 amide bonds. The van der Waals surface area contributed by atoms with Gasteiger partial charge in [-0.05, 0) is 96.9 Å². The van der Waals surface area contributed by atoms with Gasteiger partial charge in [0.05, 0.1) is 0 Å². The molecule has 0 aliphatic rings. The average Bonchev–Trinajstić information content (AvgIpc) is 2.86. The van der Waals surface area contributed by atoms with Gasteiger partial charge in [0.15, 0.2) is 17.5 Å². The summed E-state index contributed by atoms with van der Waals surface area (Å²) in [6, 6.07) is 16.2. The molecule has 0 aromatic heterocycles. The van der Waals surface area contributed by atoms with Crippen molar-refractivity contribution in [3.63, 3.8) is 0 Å². The van der Waals surface area contributed by atoms with E-state index in [0.717, 1.165) is 41.5 Å². The minimum absolute atomic E-state index is 0.175. The molecule has 0 aliphatic carbocycles. The first kappa shape index (κ1) is 25.6. The molecule has 0 spiro atoms. The Morgan fingerprint density at radius 3 is 1.89 bits per heavy atom.